The third kappa shape index (κ3) is 6.87. The normalized spacial score (nSPS) is 12.4. The van der Waals surface area contributed by atoms with Crippen molar-refractivity contribution >= 4 is 46.3 Å². The fourth-order valence-electron chi connectivity index (χ4n) is 6.23. The van der Waals surface area contributed by atoms with Crippen molar-refractivity contribution in [3.8, 4) is 0 Å². The molecule has 0 saturated carbocycles. The molecule has 0 bridgehead atoms. The summed E-state index contributed by atoms with van der Waals surface area (Å²) in [5.41, 5.74) is 5.38. The second-order valence-corrected chi connectivity index (χ2v) is 13.2. The molecule has 0 aromatic heterocycles. The van der Waals surface area contributed by atoms with Crippen LogP contribution in [0.15, 0.2) is 109 Å². The number of fused-ring (bicyclic) bond motifs is 10. The largest absolute Gasteiger partial charge is 1.00 e. The molecule has 8 rings (SSSR count). The number of hydrogen-bond acceptors (Lipinski definition) is 0. The Morgan fingerprint density at radius 2 is 0.886 bits per heavy atom. The molecule has 0 saturated heterocycles. The van der Waals surface area contributed by atoms with Gasteiger partial charge in [-0.1, -0.05) is 96.4 Å². The number of allylic oxidation sites excluding steroid dienone is 2. The predicted molar refractivity (Wildman–Crippen MR) is 179 cm³/mol. The van der Waals surface area contributed by atoms with Gasteiger partial charge in [0.1, 0.15) is 0 Å². The van der Waals surface area contributed by atoms with Crippen molar-refractivity contribution in [1.82, 2.24) is 0 Å². The van der Waals surface area contributed by atoms with Gasteiger partial charge in [0, 0.05) is 0 Å². The molecule has 6 aromatic carbocycles. The monoisotopic (exact) mass is 688 g/mol. The van der Waals surface area contributed by atoms with E-state index in [0.717, 1.165) is 24.7 Å². The topological polar surface area (TPSA) is 0 Å². The average molecular weight is 691 g/mol. The van der Waals surface area contributed by atoms with Gasteiger partial charge in [0.05, 0.1) is 0 Å². The number of halogens is 2. The first-order valence-corrected chi connectivity index (χ1v) is 16.3. The van der Waals surface area contributed by atoms with Crippen LogP contribution in [-0.2, 0) is 37.1 Å². The summed E-state index contributed by atoms with van der Waals surface area (Å²) in [6, 6.07) is 34.8. The summed E-state index contributed by atoms with van der Waals surface area (Å²) < 4.78 is 1.69. The van der Waals surface area contributed by atoms with Crippen LogP contribution in [0, 0.1) is 24.0 Å². The molecule has 6 aromatic rings. The Bertz CT molecular complexity index is 1870. The van der Waals surface area contributed by atoms with Crippen molar-refractivity contribution in [1.29, 1.82) is 0 Å². The quantitative estimate of drug-likeness (QED) is 0.185. The molecule has 0 amide bonds. The van der Waals surface area contributed by atoms with E-state index in [9.17, 15) is 0 Å². The molecule has 0 aliphatic heterocycles. The molecule has 44 heavy (non-hydrogen) atoms. The van der Waals surface area contributed by atoms with E-state index in [1.807, 2.05) is 0 Å². The van der Waals surface area contributed by atoms with Crippen LogP contribution >= 0.6 is 0 Å². The van der Waals surface area contributed by atoms with Gasteiger partial charge in [0.25, 0.3) is 0 Å². The minimum absolute atomic E-state index is 0. The molecule has 0 atom stereocenters. The fourth-order valence-corrected chi connectivity index (χ4v) is 6.23. The van der Waals surface area contributed by atoms with Crippen molar-refractivity contribution in [3.05, 3.63) is 144 Å². The Morgan fingerprint density at radius 3 is 1.27 bits per heavy atom. The third-order valence-electron chi connectivity index (χ3n) is 8.41. The number of benzene rings is 6. The van der Waals surface area contributed by atoms with Gasteiger partial charge in [-0.2, -0.15) is 47.6 Å². The van der Waals surface area contributed by atoms with Crippen LogP contribution in [-0.4, -0.2) is 3.21 Å². The molecular formula is C41H36Cl2Zr-2. The molecule has 2 aliphatic carbocycles. The van der Waals surface area contributed by atoms with E-state index >= 15 is 0 Å². The summed E-state index contributed by atoms with van der Waals surface area (Å²) in [7, 11) is 0. The zero-order chi connectivity index (χ0) is 29.2. The van der Waals surface area contributed by atoms with Crippen molar-refractivity contribution in [2.24, 2.45) is 11.8 Å². The first-order chi connectivity index (χ1) is 20.4. The van der Waals surface area contributed by atoms with Crippen LogP contribution in [0.4, 0.5) is 0 Å². The van der Waals surface area contributed by atoms with Gasteiger partial charge >= 0.3 is 67.0 Å². The predicted octanol–water partition coefficient (Wildman–Crippen LogP) is 4.54. The van der Waals surface area contributed by atoms with Crippen molar-refractivity contribution in [3.63, 3.8) is 0 Å². The summed E-state index contributed by atoms with van der Waals surface area (Å²) in [5.74, 6) is 1.60. The SMILES string of the molecule is CC(C)[C](=[Zr+2])C(C)C.[C-]1=CCc2c1ccc1ccc3ccccc3c21.[C-]1=CCc2c1ccc1ccc3ccccc3c21.[Cl-].[Cl-]. The summed E-state index contributed by atoms with van der Waals surface area (Å²) in [6.45, 7) is 9.07. The van der Waals surface area contributed by atoms with E-state index in [-0.39, 0.29) is 24.8 Å². The Balaban J connectivity index is 0.000000158. The minimum Gasteiger partial charge on any atom is -1.00 e. The molecule has 3 heteroatoms. The van der Waals surface area contributed by atoms with Gasteiger partial charge in [-0.15, -0.1) is 23.3 Å². The smallest absolute Gasteiger partial charge is 0.0188 e. The average Bonchev–Trinajstić information content (AvgIpc) is 3.71. The third-order valence-corrected chi connectivity index (χ3v) is 11.2. The van der Waals surface area contributed by atoms with Gasteiger partial charge in [-0.3, -0.25) is 0 Å². The van der Waals surface area contributed by atoms with Crippen LogP contribution in [0.1, 0.15) is 49.9 Å². The number of rotatable bonds is 2. The Kier molecular flexibility index (Phi) is 11.6. The maximum absolute atomic E-state index is 3.33. The van der Waals surface area contributed by atoms with Crippen LogP contribution in [0.5, 0.6) is 0 Å². The van der Waals surface area contributed by atoms with Crippen molar-refractivity contribution in [2.75, 3.05) is 0 Å². The molecule has 2 aliphatic rings. The molecule has 0 nitrogen and oxygen atoms in total. The van der Waals surface area contributed by atoms with Crippen LogP contribution in [0.2, 0.25) is 0 Å². The second-order valence-electron chi connectivity index (χ2n) is 11.8. The zero-order valence-corrected chi connectivity index (χ0v) is 29.7. The van der Waals surface area contributed by atoms with E-state index in [4.69, 9.17) is 0 Å². The molecule has 0 spiro atoms. The van der Waals surface area contributed by atoms with E-state index < -0.39 is 0 Å². The summed E-state index contributed by atoms with van der Waals surface area (Å²) in [4.78, 5) is 0. The Morgan fingerprint density at radius 1 is 0.523 bits per heavy atom. The summed E-state index contributed by atoms with van der Waals surface area (Å²) >= 11 is 1.61. The molecule has 0 fully saturated rings. The van der Waals surface area contributed by atoms with Gasteiger partial charge in [-0.25, -0.2) is 0 Å². The summed E-state index contributed by atoms with van der Waals surface area (Å²) in [6.07, 6.45) is 13.0. The van der Waals surface area contributed by atoms with Crippen LogP contribution < -0.4 is 24.8 Å². The second kappa shape index (κ2) is 15.0. The van der Waals surface area contributed by atoms with Crippen LogP contribution in [0.25, 0.3) is 43.1 Å². The zero-order valence-electron chi connectivity index (χ0n) is 25.7. The van der Waals surface area contributed by atoms with Crippen LogP contribution in [0.3, 0.4) is 0 Å². The first-order valence-electron chi connectivity index (χ1n) is 15.0. The Hall–Kier alpha value is -2.83. The standard InChI is InChI=1S/2C17H11.C7H14.2ClH.Zr/c2*1-2-6-15-12(4-1)8-10-14-11-9-13-5-3-7-16(13)17(14)15;1-6(2)5-7(3)4;;;/h2*1-4,6,8-11H,7H2;6-7H,1-4H3;2*1H;/q2*-1;;;;+2/p-2. The van der Waals surface area contributed by atoms with E-state index in [0.29, 0.717) is 0 Å². The van der Waals surface area contributed by atoms with Crippen molar-refractivity contribution in [2.45, 2.75) is 40.5 Å². The molecular weight excluding hydrogens is 655 g/mol. The van der Waals surface area contributed by atoms with Crippen molar-refractivity contribution < 1.29 is 49.0 Å². The van der Waals surface area contributed by atoms with E-state index in [1.165, 1.54) is 65.3 Å². The molecule has 0 heterocycles. The Labute approximate surface area is 289 Å². The maximum atomic E-state index is 3.33. The van der Waals surface area contributed by atoms with Gasteiger partial charge in [0.2, 0.25) is 0 Å². The molecule has 0 radical (unpaired) electrons. The fraction of sp³-hybridized carbons (Fsp3) is 0.195. The van der Waals surface area contributed by atoms with Gasteiger partial charge in [-0.05, 0) is 32.3 Å². The van der Waals surface area contributed by atoms with Gasteiger partial charge < -0.3 is 24.8 Å². The molecule has 0 N–H and O–H groups in total. The van der Waals surface area contributed by atoms with Gasteiger partial charge in [0.15, 0.2) is 0 Å². The minimum atomic E-state index is 0. The number of hydrogen-bond donors (Lipinski definition) is 0. The summed E-state index contributed by atoms with van der Waals surface area (Å²) in [5, 5.41) is 10.8. The first kappa shape index (κ1) is 34.1. The van der Waals surface area contributed by atoms with E-state index in [1.54, 1.807) is 27.4 Å². The van der Waals surface area contributed by atoms with E-state index in [2.05, 4.69) is 149 Å². The molecule has 220 valence electrons. The molecule has 0 unspecified atom stereocenters. The maximum Gasteiger partial charge on any atom is -0.0188 e.